The summed E-state index contributed by atoms with van der Waals surface area (Å²) < 4.78 is 17.7. The highest BCUT2D eigenvalue weighted by molar-refractivity contribution is 5.72. The lowest BCUT2D eigenvalue weighted by Gasteiger charge is -2.27. The first-order chi connectivity index (χ1) is 24.8. The Morgan fingerprint density at radius 2 is 0.900 bits per heavy atom. The molecule has 6 rings (SSSR count). The monoisotopic (exact) mass is 677 g/mol. The molecule has 3 N–H and O–H groups in total. The zero-order valence-electron chi connectivity index (χ0n) is 29.6. The van der Waals surface area contributed by atoms with Crippen molar-refractivity contribution in [2.75, 3.05) is 99.3 Å². The first-order valence-corrected chi connectivity index (χ1v) is 18.6. The second kappa shape index (κ2) is 19.9. The van der Waals surface area contributed by atoms with Crippen LogP contribution in [0.25, 0.3) is 11.1 Å². The summed E-state index contributed by atoms with van der Waals surface area (Å²) in [5, 5.41) is 10.9. The van der Waals surface area contributed by atoms with Gasteiger partial charge in [-0.3, -0.25) is 0 Å². The van der Waals surface area contributed by atoms with Gasteiger partial charge in [0.25, 0.3) is 0 Å². The van der Waals surface area contributed by atoms with Crippen LogP contribution in [0.1, 0.15) is 36.8 Å². The number of anilines is 4. The fraction of sp³-hybridized carbons (Fsp3) is 0.429. The molecule has 0 unspecified atom stereocenters. The van der Waals surface area contributed by atoms with Crippen LogP contribution < -0.4 is 25.8 Å². The van der Waals surface area contributed by atoms with E-state index in [-0.39, 0.29) is 0 Å². The Labute approximate surface area is 299 Å². The van der Waals surface area contributed by atoms with Crippen LogP contribution in [0.3, 0.4) is 0 Å². The van der Waals surface area contributed by atoms with Crippen LogP contribution in [0.15, 0.2) is 97.1 Å². The van der Waals surface area contributed by atoms with E-state index in [0.29, 0.717) is 39.6 Å². The van der Waals surface area contributed by atoms with Crippen molar-refractivity contribution < 1.29 is 14.2 Å². The Bertz CT molecular complexity index is 1470. The minimum absolute atomic E-state index is 0.586. The fourth-order valence-corrected chi connectivity index (χ4v) is 6.64. The third kappa shape index (κ3) is 11.5. The Morgan fingerprint density at radius 3 is 1.40 bits per heavy atom. The minimum Gasteiger partial charge on any atom is -0.385 e. The second-order valence-corrected chi connectivity index (χ2v) is 13.2. The van der Waals surface area contributed by atoms with Crippen molar-refractivity contribution in [1.82, 2.24) is 5.32 Å². The third-order valence-corrected chi connectivity index (χ3v) is 9.25. The van der Waals surface area contributed by atoms with Gasteiger partial charge in [-0.25, -0.2) is 0 Å². The summed E-state index contributed by atoms with van der Waals surface area (Å²) in [7, 11) is 0. The summed E-state index contributed by atoms with van der Waals surface area (Å²) in [5.74, 6) is 0. The van der Waals surface area contributed by atoms with Gasteiger partial charge in [-0.05, 0) is 110 Å². The third-order valence-electron chi connectivity index (χ3n) is 9.25. The zero-order valence-corrected chi connectivity index (χ0v) is 29.6. The molecule has 8 nitrogen and oxygen atoms in total. The van der Waals surface area contributed by atoms with Crippen LogP contribution in [0.2, 0.25) is 0 Å². The second-order valence-electron chi connectivity index (χ2n) is 13.2. The standard InChI is InChI=1S/C42H55N5O3/c1-9-35-29-39(13-1)44-19-5-17-43-18-6-20-45-40-14-2-10-36(30-40)34-47-22-8-24-49-26-28-50-27-25-48-23-7-21-46(33-35)41-15-3-11-37(31-41)38-12-4-16-42(47)32-38/h1-4,9-16,29-32,43-45H,5-8,17-28,33-34H2. The maximum Gasteiger partial charge on any atom is 0.0701 e. The van der Waals surface area contributed by atoms with Crippen molar-refractivity contribution in [2.45, 2.75) is 38.8 Å². The van der Waals surface area contributed by atoms with Gasteiger partial charge in [-0.15, -0.1) is 0 Å². The molecular weight excluding hydrogens is 622 g/mol. The van der Waals surface area contributed by atoms with Gasteiger partial charge in [0.15, 0.2) is 0 Å². The molecular formula is C42H55N5O3. The number of rotatable bonds is 0. The maximum absolute atomic E-state index is 5.97. The van der Waals surface area contributed by atoms with Crippen molar-refractivity contribution in [2.24, 2.45) is 0 Å². The lowest BCUT2D eigenvalue weighted by Crippen LogP contribution is -2.25. The number of nitrogens with zero attached hydrogens (tertiary/aromatic N) is 2. The smallest absolute Gasteiger partial charge is 0.0701 e. The minimum atomic E-state index is 0.586. The highest BCUT2D eigenvalue weighted by atomic mass is 16.5. The molecule has 0 saturated carbocycles. The molecule has 50 heavy (non-hydrogen) atoms. The highest BCUT2D eigenvalue weighted by Gasteiger charge is 2.13. The summed E-state index contributed by atoms with van der Waals surface area (Å²) >= 11 is 0. The van der Waals surface area contributed by atoms with Crippen molar-refractivity contribution in [3.05, 3.63) is 108 Å². The molecule has 0 amide bonds. The normalized spacial score (nSPS) is 18.1. The predicted octanol–water partition coefficient (Wildman–Crippen LogP) is 7.42. The van der Waals surface area contributed by atoms with E-state index in [4.69, 9.17) is 14.2 Å². The van der Waals surface area contributed by atoms with Gasteiger partial charge in [0.2, 0.25) is 0 Å². The number of hydrogen-bond acceptors (Lipinski definition) is 8. The molecule has 266 valence electrons. The van der Waals surface area contributed by atoms with Gasteiger partial charge < -0.3 is 40.0 Å². The molecule has 0 aliphatic carbocycles. The summed E-state index contributed by atoms with van der Waals surface area (Å²) in [6, 6.07) is 35.8. The summed E-state index contributed by atoms with van der Waals surface area (Å²) in [4.78, 5) is 4.98. The van der Waals surface area contributed by atoms with E-state index in [0.717, 1.165) is 78.0 Å². The molecule has 2 aliphatic rings. The van der Waals surface area contributed by atoms with E-state index in [1.54, 1.807) is 0 Å². The topological polar surface area (TPSA) is 70.3 Å². The maximum atomic E-state index is 5.97. The van der Waals surface area contributed by atoms with Gasteiger partial charge >= 0.3 is 0 Å². The van der Waals surface area contributed by atoms with Gasteiger partial charge in [0, 0.05) is 75.2 Å². The van der Waals surface area contributed by atoms with E-state index in [9.17, 15) is 0 Å². The molecule has 2 aliphatic heterocycles. The van der Waals surface area contributed by atoms with Gasteiger partial charge in [-0.1, -0.05) is 48.5 Å². The molecule has 0 spiro atoms. The Kier molecular flexibility index (Phi) is 14.3. The van der Waals surface area contributed by atoms with Crippen molar-refractivity contribution in [3.8, 4) is 11.1 Å². The zero-order chi connectivity index (χ0) is 34.1. The molecule has 0 saturated heterocycles. The molecule has 0 fully saturated rings. The number of ether oxygens (including phenoxy) is 3. The van der Waals surface area contributed by atoms with Crippen LogP contribution in [0, 0.1) is 0 Å². The van der Waals surface area contributed by atoms with Crippen LogP contribution in [-0.2, 0) is 27.3 Å². The molecule has 2 heterocycles. The Hall–Kier alpha value is -4.08. The first-order valence-electron chi connectivity index (χ1n) is 18.6. The predicted molar refractivity (Wildman–Crippen MR) is 208 cm³/mol. The average Bonchev–Trinajstić information content (AvgIpc) is 3.15. The number of benzene rings is 4. The van der Waals surface area contributed by atoms with Crippen molar-refractivity contribution >= 4 is 22.7 Å². The molecule has 10 bridgehead atoms. The van der Waals surface area contributed by atoms with E-state index >= 15 is 0 Å². The lowest BCUT2D eigenvalue weighted by molar-refractivity contribution is 0.0142. The summed E-state index contributed by atoms with van der Waals surface area (Å²) in [6.45, 7) is 11.1. The molecule has 0 aromatic heterocycles. The van der Waals surface area contributed by atoms with Gasteiger partial charge in [-0.2, -0.15) is 0 Å². The SMILES string of the molecule is c1cc2cc(c1)NCCCNCCCNc1cccc(c1)CN1CCCOCCOCCOCCCN(C2)c2cccc(c2)-c2cccc1c2. The number of fused-ring (bicyclic) bond motifs is 4. The molecule has 0 atom stereocenters. The van der Waals surface area contributed by atoms with Gasteiger partial charge in [0.05, 0.1) is 26.4 Å². The highest BCUT2D eigenvalue weighted by Crippen LogP contribution is 2.30. The average molecular weight is 678 g/mol. The van der Waals surface area contributed by atoms with E-state index in [1.807, 2.05) is 0 Å². The molecule has 8 heteroatoms. The van der Waals surface area contributed by atoms with Gasteiger partial charge in [0.1, 0.15) is 0 Å². The molecule has 4 aromatic carbocycles. The lowest BCUT2D eigenvalue weighted by atomic mass is 10.0. The van der Waals surface area contributed by atoms with E-state index in [2.05, 4.69) is 123 Å². The first kappa shape index (κ1) is 35.7. The largest absolute Gasteiger partial charge is 0.385 e. The summed E-state index contributed by atoms with van der Waals surface area (Å²) in [6.07, 6.45) is 4.01. The number of nitrogens with one attached hydrogen (secondary N) is 3. The fourth-order valence-electron chi connectivity index (χ4n) is 6.64. The quantitative estimate of drug-likeness (QED) is 0.178. The van der Waals surface area contributed by atoms with Crippen LogP contribution >= 0.6 is 0 Å². The van der Waals surface area contributed by atoms with E-state index < -0.39 is 0 Å². The molecule has 0 radical (unpaired) electrons. The number of hydrogen-bond donors (Lipinski definition) is 3. The van der Waals surface area contributed by atoms with Crippen LogP contribution in [0.5, 0.6) is 0 Å². The summed E-state index contributed by atoms with van der Waals surface area (Å²) in [5.41, 5.74) is 9.81. The van der Waals surface area contributed by atoms with Crippen LogP contribution in [-0.4, -0.2) is 78.9 Å². The Balaban J connectivity index is 1.32. The van der Waals surface area contributed by atoms with Crippen molar-refractivity contribution in [1.29, 1.82) is 0 Å². The Morgan fingerprint density at radius 1 is 0.440 bits per heavy atom. The van der Waals surface area contributed by atoms with Crippen LogP contribution in [0.4, 0.5) is 22.7 Å². The van der Waals surface area contributed by atoms with E-state index in [1.165, 1.54) is 45.0 Å². The van der Waals surface area contributed by atoms with Crippen molar-refractivity contribution in [3.63, 3.8) is 0 Å². The molecule has 4 aromatic rings.